The summed E-state index contributed by atoms with van der Waals surface area (Å²) in [6, 6.07) is 0. The summed E-state index contributed by atoms with van der Waals surface area (Å²) in [6.45, 7) is 8.74. The molecule has 0 aromatic heterocycles. The minimum Gasteiger partial charge on any atom is -0.358 e. The molecule has 0 radical (unpaired) electrons. The summed E-state index contributed by atoms with van der Waals surface area (Å²) >= 11 is 1.55. The molecule has 2 heteroatoms. The Bertz CT molecular complexity index is 216. The van der Waals surface area contributed by atoms with Gasteiger partial charge in [-0.2, -0.15) is 25.7 Å². The summed E-state index contributed by atoms with van der Waals surface area (Å²) in [5, 5.41) is 0. The van der Waals surface area contributed by atoms with Gasteiger partial charge >= 0.3 is 57.0 Å². The fourth-order valence-electron chi connectivity index (χ4n) is 2.37. The fraction of sp³-hybridized carbons (Fsp3) is 0.850. The van der Waals surface area contributed by atoms with Crippen LogP contribution in [-0.4, -0.2) is 5.54 Å². The minimum absolute atomic E-state index is 0. The molecule has 2 saturated carbocycles. The molecule has 2 fully saturated rings. The van der Waals surface area contributed by atoms with Crippen molar-refractivity contribution in [2.24, 2.45) is 9.26 Å². The SMILES string of the molecule is CCC(C)(C)[N]=[Nb].CCC1CC[CH-]CC1.[CH-]1CCCCC1.[CH3-]. The number of nitrogens with zero attached hydrogens (tertiary/aromatic N) is 1. The molecule has 0 aliphatic heterocycles. The van der Waals surface area contributed by atoms with E-state index in [4.69, 9.17) is 0 Å². The first-order valence-corrected chi connectivity index (χ1v) is 10.0. The van der Waals surface area contributed by atoms with E-state index in [2.05, 4.69) is 43.9 Å². The van der Waals surface area contributed by atoms with Crippen molar-refractivity contribution in [3.05, 3.63) is 20.3 Å². The summed E-state index contributed by atoms with van der Waals surface area (Å²) in [6.07, 6.45) is 20.1. The zero-order chi connectivity index (χ0) is 16.0. The normalized spacial score (nSPS) is 18.7. The summed E-state index contributed by atoms with van der Waals surface area (Å²) < 4.78 is 4.19. The van der Waals surface area contributed by atoms with Gasteiger partial charge in [-0.15, -0.1) is 0 Å². The van der Waals surface area contributed by atoms with Crippen LogP contribution in [0.1, 0.15) is 98.3 Å². The van der Waals surface area contributed by atoms with Crippen LogP contribution in [0.4, 0.5) is 0 Å². The van der Waals surface area contributed by atoms with Crippen LogP contribution in [-0.2, 0) is 20.9 Å². The van der Waals surface area contributed by atoms with Gasteiger partial charge in [0.15, 0.2) is 0 Å². The van der Waals surface area contributed by atoms with E-state index < -0.39 is 0 Å². The van der Waals surface area contributed by atoms with Gasteiger partial charge < -0.3 is 20.3 Å². The van der Waals surface area contributed by atoms with Gasteiger partial charge in [-0.1, -0.05) is 45.4 Å². The quantitative estimate of drug-likeness (QED) is 0.356. The van der Waals surface area contributed by atoms with Crippen LogP contribution >= 0.6 is 0 Å². The molecule has 0 amide bonds. The molecule has 0 heterocycles. The van der Waals surface area contributed by atoms with E-state index in [0.29, 0.717) is 0 Å². The molecule has 2 aliphatic rings. The van der Waals surface area contributed by atoms with E-state index in [1.165, 1.54) is 64.2 Å². The van der Waals surface area contributed by atoms with Gasteiger partial charge in [-0.25, -0.2) is 0 Å². The Balaban J connectivity index is 0. The van der Waals surface area contributed by atoms with Crippen molar-refractivity contribution < 1.29 is 20.9 Å². The van der Waals surface area contributed by atoms with Crippen molar-refractivity contribution in [2.75, 3.05) is 0 Å². The monoisotopic (exact) mass is 387 g/mol. The Morgan fingerprint density at radius 2 is 1.45 bits per heavy atom. The Hall–Kier alpha value is 0.540. The molecule has 0 saturated heterocycles. The number of rotatable bonds is 3. The topological polar surface area (TPSA) is 12.4 Å². The smallest absolute Gasteiger partial charge is 0.0465 e. The van der Waals surface area contributed by atoms with Crippen LogP contribution < -0.4 is 0 Å². The van der Waals surface area contributed by atoms with E-state index in [1.807, 2.05) is 0 Å². The van der Waals surface area contributed by atoms with Crippen LogP contribution in [0, 0.1) is 26.2 Å². The minimum atomic E-state index is 0. The first-order chi connectivity index (χ1) is 10.1. The van der Waals surface area contributed by atoms with Crippen molar-refractivity contribution in [3.63, 3.8) is 0 Å². The second-order valence-corrected chi connectivity index (χ2v) is 7.40. The molecule has 0 unspecified atom stereocenters. The Morgan fingerprint density at radius 1 is 0.955 bits per heavy atom. The van der Waals surface area contributed by atoms with Crippen LogP contribution in [0.3, 0.4) is 0 Å². The van der Waals surface area contributed by atoms with Crippen LogP contribution in [0.5, 0.6) is 0 Å². The summed E-state index contributed by atoms with van der Waals surface area (Å²) in [4.78, 5) is 0. The van der Waals surface area contributed by atoms with Crippen molar-refractivity contribution in [2.45, 2.75) is 104 Å². The van der Waals surface area contributed by atoms with E-state index in [9.17, 15) is 0 Å². The summed E-state index contributed by atoms with van der Waals surface area (Å²) in [7, 11) is 0. The van der Waals surface area contributed by atoms with Crippen LogP contribution in [0.25, 0.3) is 0 Å². The largest absolute Gasteiger partial charge is 0.358 e. The zero-order valence-corrected chi connectivity index (χ0v) is 18.1. The predicted octanol–water partition coefficient (Wildman–Crippen LogP) is 7.30. The molecular formula is C20H40NNb-3. The maximum absolute atomic E-state index is 4.19. The summed E-state index contributed by atoms with van der Waals surface area (Å²) in [5.41, 5.74) is 0.231. The van der Waals surface area contributed by atoms with Gasteiger partial charge in [0, 0.05) is 0 Å². The molecule has 1 nitrogen and oxygen atoms in total. The third kappa shape index (κ3) is 15.4. The van der Waals surface area contributed by atoms with Gasteiger partial charge in [0.2, 0.25) is 0 Å². The molecule has 0 bridgehead atoms. The fourth-order valence-corrected chi connectivity index (χ4v) is 2.72. The number of hydrogen-bond donors (Lipinski definition) is 0. The molecule has 0 aromatic rings. The molecule has 0 spiro atoms. The van der Waals surface area contributed by atoms with Gasteiger partial charge in [-0.3, -0.25) is 0 Å². The van der Waals surface area contributed by atoms with Gasteiger partial charge in [0.25, 0.3) is 0 Å². The summed E-state index contributed by atoms with van der Waals surface area (Å²) in [5.74, 6) is 1.06. The van der Waals surface area contributed by atoms with Gasteiger partial charge in [0.05, 0.1) is 0 Å². The molecule has 22 heavy (non-hydrogen) atoms. The van der Waals surface area contributed by atoms with E-state index in [-0.39, 0.29) is 13.0 Å². The standard InChI is InChI=1S/C8H15.C6H11.C5H11N.CH3.Nb/c1-2-8-6-4-3-5-7-8;1-2-4-6-5-3-1;1-4-5(2,3)6;;/h3,8H,2,4-7H2,1H3;1H,2-6H2;4H2,1-3H3;1H3;/q2*-1;;-1;. The Kier molecular flexibility index (Phi) is 18.5. The third-order valence-electron chi connectivity index (χ3n) is 4.59. The van der Waals surface area contributed by atoms with Crippen molar-refractivity contribution in [3.8, 4) is 0 Å². The average molecular weight is 387 g/mol. The predicted molar refractivity (Wildman–Crippen MR) is 97.1 cm³/mol. The Morgan fingerprint density at radius 3 is 1.64 bits per heavy atom. The first kappa shape index (κ1) is 24.8. The molecule has 0 aromatic carbocycles. The molecule has 2 aliphatic carbocycles. The second-order valence-electron chi connectivity index (χ2n) is 6.91. The molecular weight excluding hydrogens is 347 g/mol. The van der Waals surface area contributed by atoms with Gasteiger partial charge in [-0.05, 0) is 5.92 Å². The van der Waals surface area contributed by atoms with E-state index >= 15 is 0 Å². The molecule has 133 valence electrons. The van der Waals surface area contributed by atoms with Crippen LogP contribution in [0.15, 0.2) is 3.34 Å². The number of hydrogen-bond acceptors (Lipinski definition) is 1. The van der Waals surface area contributed by atoms with Crippen molar-refractivity contribution in [1.29, 1.82) is 0 Å². The zero-order valence-electron chi connectivity index (χ0n) is 15.9. The van der Waals surface area contributed by atoms with E-state index in [0.717, 1.165) is 12.3 Å². The van der Waals surface area contributed by atoms with Crippen molar-refractivity contribution in [1.82, 2.24) is 0 Å². The molecule has 0 N–H and O–H groups in total. The average Bonchev–Trinajstić information content (AvgIpc) is 2.58. The molecule has 2 rings (SSSR count). The molecule has 0 atom stereocenters. The van der Waals surface area contributed by atoms with Crippen molar-refractivity contribution >= 4 is 0 Å². The maximum atomic E-state index is 4.19. The van der Waals surface area contributed by atoms with Gasteiger partial charge in [0.1, 0.15) is 0 Å². The maximum Gasteiger partial charge on any atom is -0.0465 e. The third-order valence-corrected chi connectivity index (χ3v) is 5.92. The Labute approximate surface area is 154 Å². The first-order valence-electron chi connectivity index (χ1n) is 9.05. The second kappa shape index (κ2) is 16.4. The van der Waals surface area contributed by atoms with E-state index in [1.54, 1.807) is 20.9 Å². The van der Waals surface area contributed by atoms with Crippen LogP contribution in [0.2, 0.25) is 0 Å².